The number of amides is 1. The fourth-order valence-corrected chi connectivity index (χ4v) is 2.34. The molecule has 1 fully saturated rings. The van der Waals surface area contributed by atoms with Crippen LogP contribution in [0.1, 0.15) is 12.5 Å². The Hall–Kier alpha value is -1.46. The van der Waals surface area contributed by atoms with Crippen molar-refractivity contribution >= 4 is 5.91 Å². The summed E-state index contributed by atoms with van der Waals surface area (Å²) >= 11 is 0. The predicted octanol–water partition coefficient (Wildman–Crippen LogP) is 1.08. The topological polar surface area (TPSA) is 35.6 Å². The van der Waals surface area contributed by atoms with Gasteiger partial charge in [0.15, 0.2) is 0 Å². The van der Waals surface area contributed by atoms with Crippen LogP contribution < -0.4 is 5.32 Å². The maximum Gasteiger partial charge on any atom is 0.236 e. The Bertz CT molecular complexity index is 427. The largest absolute Gasteiger partial charge is 0.339 e. The number of carbonyl (C=O) groups excluding carboxylic acids is 1. The average Bonchev–Trinajstić information content (AvgIpc) is 2.49. The molecule has 0 saturated carbocycles. The van der Waals surface area contributed by atoms with Crippen molar-refractivity contribution in [3.63, 3.8) is 0 Å². The second kappa shape index (κ2) is 7.36. The van der Waals surface area contributed by atoms with E-state index in [1.54, 1.807) is 12.1 Å². The number of hydrogen-bond donors (Lipinski definition) is 1. The Morgan fingerprint density at radius 2 is 1.85 bits per heavy atom. The summed E-state index contributed by atoms with van der Waals surface area (Å²) in [7, 11) is 0. The monoisotopic (exact) mass is 279 g/mol. The van der Waals surface area contributed by atoms with Gasteiger partial charge in [0.25, 0.3) is 0 Å². The third kappa shape index (κ3) is 4.28. The first-order chi connectivity index (χ1) is 9.69. The van der Waals surface area contributed by atoms with E-state index in [1.807, 2.05) is 4.90 Å². The average molecular weight is 279 g/mol. The number of hydrogen-bond acceptors (Lipinski definition) is 3. The molecule has 5 heteroatoms. The molecule has 1 amide bonds. The Kier molecular flexibility index (Phi) is 5.49. The lowest BCUT2D eigenvalue weighted by molar-refractivity contribution is -0.131. The molecule has 1 aromatic rings. The maximum absolute atomic E-state index is 12.8. The minimum atomic E-state index is -0.237. The molecule has 110 valence electrons. The summed E-state index contributed by atoms with van der Waals surface area (Å²) in [5, 5.41) is 3.12. The summed E-state index contributed by atoms with van der Waals surface area (Å²) in [6.45, 7) is 7.65. The van der Waals surface area contributed by atoms with Crippen molar-refractivity contribution in [3.8, 4) is 0 Å². The predicted molar refractivity (Wildman–Crippen MR) is 76.8 cm³/mol. The molecule has 0 aromatic heterocycles. The van der Waals surface area contributed by atoms with Crippen LogP contribution in [0.5, 0.6) is 0 Å². The van der Waals surface area contributed by atoms with Crippen LogP contribution in [-0.4, -0.2) is 55.0 Å². The highest BCUT2D eigenvalue weighted by molar-refractivity contribution is 5.78. The highest BCUT2D eigenvalue weighted by Crippen LogP contribution is 2.03. The number of likely N-dealkylation sites (N-methyl/N-ethyl adjacent to an activating group) is 1. The Labute approximate surface area is 119 Å². The van der Waals surface area contributed by atoms with Gasteiger partial charge in [-0.3, -0.25) is 4.79 Å². The molecule has 0 unspecified atom stereocenters. The first-order valence-electron chi connectivity index (χ1n) is 7.14. The third-order valence-corrected chi connectivity index (χ3v) is 3.69. The standard InChI is InChI=1S/C15H22FN3O/c1-2-18-7-9-19(10-8-18)15(20)12-17-11-13-3-5-14(16)6-4-13/h3-6,17H,2,7-12H2,1H3. The van der Waals surface area contributed by atoms with Crippen molar-refractivity contribution in [1.82, 2.24) is 15.1 Å². The van der Waals surface area contributed by atoms with Crippen LogP contribution in [0.15, 0.2) is 24.3 Å². The SMILES string of the molecule is CCN1CCN(C(=O)CNCc2ccc(F)cc2)CC1. The fourth-order valence-electron chi connectivity index (χ4n) is 2.34. The molecule has 0 radical (unpaired) electrons. The summed E-state index contributed by atoms with van der Waals surface area (Å²) in [5.41, 5.74) is 0.981. The Balaban J connectivity index is 1.69. The number of nitrogens with zero attached hydrogens (tertiary/aromatic N) is 2. The molecule has 20 heavy (non-hydrogen) atoms. The number of piperazine rings is 1. The molecule has 0 atom stereocenters. The Morgan fingerprint density at radius 1 is 1.20 bits per heavy atom. The molecule has 1 aliphatic rings. The minimum Gasteiger partial charge on any atom is -0.339 e. The lowest BCUT2D eigenvalue weighted by Crippen LogP contribution is -2.50. The van der Waals surface area contributed by atoms with Crippen LogP contribution in [0.4, 0.5) is 4.39 Å². The second-order valence-electron chi connectivity index (χ2n) is 5.05. The molecule has 1 aliphatic heterocycles. The van der Waals surface area contributed by atoms with Gasteiger partial charge >= 0.3 is 0 Å². The normalized spacial score (nSPS) is 16.4. The maximum atomic E-state index is 12.8. The van der Waals surface area contributed by atoms with Crippen molar-refractivity contribution in [2.75, 3.05) is 39.3 Å². The molecule has 1 N–H and O–H groups in total. The van der Waals surface area contributed by atoms with Gasteiger partial charge in [0.1, 0.15) is 5.82 Å². The quantitative estimate of drug-likeness (QED) is 0.876. The highest BCUT2D eigenvalue weighted by Gasteiger charge is 2.19. The van der Waals surface area contributed by atoms with E-state index in [0.29, 0.717) is 13.1 Å². The van der Waals surface area contributed by atoms with Crippen molar-refractivity contribution < 1.29 is 9.18 Å². The van der Waals surface area contributed by atoms with Gasteiger partial charge in [0.2, 0.25) is 5.91 Å². The minimum absolute atomic E-state index is 0.142. The molecule has 0 aliphatic carbocycles. The molecule has 1 aromatic carbocycles. The lowest BCUT2D eigenvalue weighted by atomic mass is 10.2. The number of benzene rings is 1. The van der Waals surface area contributed by atoms with Crippen LogP contribution in [-0.2, 0) is 11.3 Å². The van der Waals surface area contributed by atoms with Gasteiger partial charge in [0, 0.05) is 32.7 Å². The van der Waals surface area contributed by atoms with E-state index in [0.717, 1.165) is 38.3 Å². The molecule has 2 rings (SSSR count). The summed E-state index contributed by atoms with van der Waals surface area (Å²) < 4.78 is 12.8. The smallest absolute Gasteiger partial charge is 0.236 e. The molecule has 4 nitrogen and oxygen atoms in total. The number of rotatable bonds is 5. The summed E-state index contributed by atoms with van der Waals surface area (Å²) in [6, 6.07) is 6.32. The van der Waals surface area contributed by atoms with Crippen molar-refractivity contribution in [2.24, 2.45) is 0 Å². The van der Waals surface area contributed by atoms with Crippen LogP contribution in [0.2, 0.25) is 0 Å². The summed E-state index contributed by atoms with van der Waals surface area (Å²) in [5.74, 6) is -0.0958. The van der Waals surface area contributed by atoms with Crippen LogP contribution >= 0.6 is 0 Å². The van der Waals surface area contributed by atoms with Crippen LogP contribution in [0.3, 0.4) is 0 Å². The van der Waals surface area contributed by atoms with E-state index in [9.17, 15) is 9.18 Å². The molecule has 0 spiro atoms. The zero-order valence-corrected chi connectivity index (χ0v) is 11.9. The molecular weight excluding hydrogens is 257 g/mol. The van der Waals surface area contributed by atoms with Gasteiger partial charge in [-0.1, -0.05) is 19.1 Å². The van der Waals surface area contributed by atoms with Gasteiger partial charge in [-0.15, -0.1) is 0 Å². The van der Waals surface area contributed by atoms with Crippen LogP contribution in [0, 0.1) is 5.82 Å². The molecule has 1 heterocycles. The molecule has 1 saturated heterocycles. The fraction of sp³-hybridized carbons (Fsp3) is 0.533. The van der Waals surface area contributed by atoms with E-state index in [4.69, 9.17) is 0 Å². The number of halogens is 1. The number of carbonyl (C=O) groups is 1. The lowest BCUT2D eigenvalue weighted by Gasteiger charge is -2.34. The van der Waals surface area contributed by atoms with Gasteiger partial charge in [-0.2, -0.15) is 0 Å². The van der Waals surface area contributed by atoms with Gasteiger partial charge in [-0.05, 0) is 24.2 Å². The van der Waals surface area contributed by atoms with Gasteiger partial charge in [-0.25, -0.2) is 4.39 Å². The Morgan fingerprint density at radius 3 is 2.45 bits per heavy atom. The molecular formula is C15H22FN3O. The van der Waals surface area contributed by atoms with Crippen molar-refractivity contribution in [1.29, 1.82) is 0 Å². The third-order valence-electron chi connectivity index (χ3n) is 3.69. The van der Waals surface area contributed by atoms with E-state index in [2.05, 4.69) is 17.1 Å². The summed E-state index contributed by atoms with van der Waals surface area (Å²) in [6.07, 6.45) is 0. The zero-order valence-electron chi connectivity index (χ0n) is 11.9. The van der Waals surface area contributed by atoms with E-state index in [-0.39, 0.29) is 11.7 Å². The summed E-state index contributed by atoms with van der Waals surface area (Å²) in [4.78, 5) is 16.3. The molecule has 0 bridgehead atoms. The first-order valence-corrected chi connectivity index (χ1v) is 7.14. The van der Waals surface area contributed by atoms with E-state index in [1.165, 1.54) is 12.1 Å². The second-order valence-corrected chi connectivity index (χ2v) is 5.05. The zero-order chi connectivity index (χ0) is 14.4. The van der Waals surface area contributed by atoms with E-state index < -0.39 is 0 Å². The van der Waals surface area contributed by atoms with Crippen molar-refractivity contribution in [2.45, 2.75) is 13.5 Å². The number of nitrogens with one attached hydrogen (secondary N) is 1. The first kappa shape index (κ1) is 14.9. The van der Waals surface area contributed by atoms with Crippen molar-refractivity contribution in [3.05, 3.63) is 35.6 Å². The van der Waals surface area contributed by atoms with E-state index >= 15 is 0 Å². The van der Waals surface area contributed by atoms with Gasteiger partial charge in [0.05, 0.1) is 6.54 Å². The van der Waals surface area contributed by atoms with Crippen LogP contribution in [0.25, 0.3) is 0 Å². The highest BCUT2D eigenvalue weighted by atomic mass is 19.1. The van der Waals surface area contributed by atoms with Gasteiger partial charge < -0.3 is 15.1 Å².